The number of aryl methyl sites for hydroxylation is 1. The number of nitrogens with one attached hydrogen (secondary N) is 2. The molecule has 1 atom stereocenters. The number of nitrogens with zero attached hydrogens (tertiary/aromatic N) is 2. The molecule has 28 heavy (non-hydrogen) atoms. The highest BCUT2D eigenvalue weighted by molar-refractivity contribution is 7.89. The summed E-state index contributed by atoms with van der Waals surface area (Å²) in [5.74, 6) is 1.69. The monoisotopic (exact) mass is 412 g/mol. The summed E-state index contributed by atoms with van der Waals surface area (Å²) in [6.07, 6.45) is 1.81. The quantitative estimate of drug-likeness (QED) is 0.331. The van der Waals surface area contributed by atoms with E-state index >= 15 is 0 Å². The van der Waals surface area contributed by atoms with E-state index in [2.05, 4.69) is 54.6 Å². The molecule has 2 N–H and O–H groups in total. The third-order valence-electron chi connectivity index (χ3n) is 4.58. The van der Waals surface area contributed by atoms with Crippen molar-refractivity contribution in [2.45, 2.75) is 53.2 Å². The molecule has 7 nitrogen and oxygen atoms in total. The van der Waals surface area contributed by atoms with Gasteiger partial charge in [0, 0.05) is 39.3 Å². The lowest BCUT2D eigenvalue weighted by atomic mass is 10.1. The average Bonchev–Trinajstić information content (AvgIpc) is 2.68. The molecule has 1 rings (SSSR count). The van der Waals surface area contributed by atoms with Crippen LogP contribution in [-0.4, -0.2) is 57.7 Å². The summed E-state index contributed by atoms with van der Waals surface area (Å²) in [4.78, 5) is 4.23. The van der Waals surface area contributed by atoms with Crippen molar-refractivity contribution >= 4 is 16.0 Å². The maximum Gasteiger partial charge on any atom is 0.213 e. The van der Waals surface area contributed by atoms with Gasteiger partial charge in [-0.05, 0) is 45.2 Å². The fourth-order valence-electron chi connectivity index (χ4n) is 2.49. The highest BCUT2D eigenvalue weighted by atomic mass is 32.2. The van der Waals surface area contributed by atoms with Crippen LogP contribution >= 0.6 is 0 Å². The number of rotatable bonds is 11. The second-order valence-electron chi connectivity index (χ2n) is 6.88. The van der Waals surface area contributed by atoms with E-state index in [4.69, 9.17) is 4.74 Å². The Kier molecular flexibility index (Phi) is 10.3. The zero-order valence-electron chi connectivity index (χ0n) is 18.1. The van der Waals surface area contributed by atoms with Crippen LogP contribution in [0, 0.1) is 6.92 Å². The Morgan fingerprint density at radius 2 is 2.00 bits per heavy atom. The number of ether oxygens (including phenoxy) is 1. The van der Waals surface area contributed by atoms with E-state index in [0.29, 0.717) is 32.0 Å². The minimum absolute atomic E-state index is 0.123. The largest absolute Gasteiger partial charge is 0.490 e. The standard InChI is InChI=1S/C20H36N4O3S/c1-7-17(4)27-19-14-16(3)10-11-18(19)15-23-20(21-5)22-12-9-13-24(6)28(25,26)8-2/h10-11,14,17H,7-9,12-13,15H2,1-6H3,(H2,21,22,23). The highest BCUT2D eigenvalue weighted by Crippen LogP contribution is 2.22. The molecule has 0 heterocycles. The molecule has 0 fully saturated rings. The van der Waals surface area contributed by atoms with E-state index in [0.717, 1.165) is 23.3 Å². The number of sulfonamides is 1. The second kappa shape index (κ2) is 11.9. The van der Waals surface area contributed by atoms with Gasteiger partial charge in [0.25, 0.3) is 0 Å². The average molecular weight is 413 g/mol. The van der Waals surface area contributed by atoms with E-state index in [9.17, 15) is 8.42 Å². The van der Waals surface area contributed by atoms with Crippen LogP contribution in [0.5, 0.6) is 5.75 Å². The maximum absolute atomic E-state index is 11.8. The van der Waals surface area contributed by atoms with Gasteiger partial charge in [-0.3, -0.25) is 4.99 Å². The van der Waals surface area contributed by atoms with Crippen molar-refractivity contribution in [1.82, 2.24) is 14.9 Å². The maximum atomic E-state index is 11.8. The van der Waals surface area contributed by atoms with Gasteiger partial charge in [-0.15, -0.1) is 0 Å². The molecular weight excluding hydrogens is 376 g/mol. The van der Waals surface area contributed by atoms with E-state index in [1.54, 1.807) is 21.0 Å². The summed E-state index contributed by atoms with van der Waals surface area (Å²) in [5, 5.41) is 6.52. The Balaban J connectivity index is 2.54. The molecule has 0 saturated carbocycles. The van der Waals surface area contributed by atoms with Gasteiger partial charge in [-0.1, -0.05) is 19.1 Å². The molecule has 8 heteroatoms. The summed E-state index contributed by atoms with van der Waals surface area (Å²) in [6, 6.07) is 6.20. The van der Waals surface area contributed by atoms with Crippen LogP contribution in [0.3, 0.4) is 0 Å². The highest BCUT2D eigenvalue weighted by Gasteiger charge is 2.14. The first kappa shape index (κ1) is 24.2. The number of benzene rings is 1. The topological polar surface area (TPSA) is 83.0 Å². The van der Waals surface area contributed by atoms with Crippen molar-refractivity contribution in [3.05, 3.63) is 29.3 Å². The minimum Gasteiger partial charge on any atom is -0.490 e. The molecule has 1 unspecified atom stereocenters. The molecular formula is C20H36N4O3S. The summed E-state index contributed by atoms with van der Waals surface area (Å²) >= 11 is 0. The second-order valence-corrected chi connectivity index (χ2v) is 9.24. The molecule has 0 saturated heterocycles. The van der Waals surface area contributed by atoms with Crippen molar-refractivity contribution in [3.8, 4) is 5.75 Å². The van der Waals surface area contributed by atoms with Crippen LogP contribution in [-0.2, 0) is 16.6 Å². The lowest BCUT2D eigenvalue weighted by molar-refractivity contribution is 0.215. The molecule has 0 amide bonds. The van der Waals surface area contributed by atoms with Gasteiger partial charge >= 0.3 is 0 Å². The zero-order chi connectivity index (χ0) is 21.2. The van der Waals surface area contributed by atoms with Gasteiger partial charge in [0.1, 0.15) is 5.75 Å². The van der Waals surface area contributed by atoms with Crippen LogP contribution in [0.4, 0.5) is 0 Å². The normalized spacial score (nSPS) is 13.5. The van der Waals surface area contributed by atoms with Crippen LogP contribution in [0.2, 0.25) is 0 Å². The smallest absolute Gasteiger partial charge is 0.213 e. The van der Waals surface area contributed by atoms with Crippen LogP contribution in [0.1, 0.15) is 44.7 Å². The zero-order valence-corrected chi connectivity index (χ0v) is 18.9. The van der Waals surface area contributed by atoms with Gasteiger partial charge < -0.3 is 15.4 Å². The van der Waals surface area contributed by atoms with Gasteiger partial charge in [0.05, 0.1) is 11.9 Å². The van der Waals surface area contributed by atoms with Crippen LogP contribution in [0.15, 0.2) is 23.2 Å². The molecule has 0 radical (unpaired) electrons. The SMILES string of the molecule is CCC(C)Oc1cc(C)ccc1CNC(=NC)NCCCN(C)S(=O)(=O)CC. The molecule has 1 aromatic rings. The summed E-state index contributed by atoms with van der Waals surface area (Å²) in [5.41, 5.74) is 2.23. The Morgan fingerprint density at radius 1 is 1.29 bits per heavy atom. The van der Waals surface area contributed by atoms with Gasteiger partial charge in [0.15, 0.2) is 5.96 Å². The van der Waals surface area contributed by atoms with E-state index in [1.807, 2.05) is 0 Å². The molecule has 0 bridgehead atoms. The first-order valence-electron chi connectivity index (χ1n) is 9.88. The predicted molar refractivity (Wildman–Crippen MR) is 116 cm³/mol. The van der Waals surface area contributed by atoms with Gasteiger partial charge in [0.2, 0.25) is 10.0 Å². The minimum atomic E-state index is -3.13. The van der Waals surface area contributed by atoms with Gasteiger partial charge in [-0.25, -0.2) is 12.7 Å². The van der Waals surface area contributed by atoms with Crippen LogP contribution < -0.4 is 15.4 Å². The van der Waals surface area contributed by atoms with Crippen molar-refractivity contribution in [2.75, 3.05) is 32.9 Å². The molecule has 160 valence electrons. The van der Waals surface area contributed by atoms with Crippen molar-refractivity contribution in [1.29, 1.82) is 0 Å². The number of hydrogen-bond donors (Lipinski definition) is 2. The molecule has 0 spiro atoms. The third kappa shape index (κ3) is 8.06. The van der Waals surface area contributed by atoms with Crippen LogP contribution in [0.25, 0.3) is 0 Å². The van der Waals surface area contributed by atoms with E-state index in [1.165, 1.54) is 4.31 Å². The predicted octanol–water partition coefficient (Wildman–Crippen LogP) is 2.51. The molecule has 0 aliphatic heterocycles. The lowest BCUT2D eigenvalue weighted by Gasteiger charge is -2.19. The summed E-state index contributed by atoms with van der Waals surface area (Å²) in [6.45, 7) is 9.58. The molecule has 0 aromatic heterocycles. The first-order chi connectivity index (χ1) is 13.2. The molecule has 1 aromatic carbocycles. The summed E-state index contributed by atoms with van der Waals surface area (Å²) in [7, 11) is 0.205. The first-order valence-corrected chi connectivity index (χ1v) is 11.5. The van der Waals surface area contributed by atoms with Crippen molar-refractivity contribution < 1.29 is 13.2 Å². The Hall–Kier alpha value is -1.80. The van der Waals surface area contributed by atoms with E-state index in [-0.39, 0.29) is 11.9 Å². The molecule has 0 aliphatic rings. The Labute approximate surface area is 170 Å². The van der Waals surface area contributed by atoms with Crippen molar-refractivity contribution in [2.24, 2.45) is 4.99 Å². The fourth-order valence-corrected chi connectivity index (χ4v) is 3.33. The third-order valence-corrected chi connectivity index (χ3v) is 6.44. The lowest BCUT2D eigenvalue weighted by Crippen LogP contribution is -2.38. The number of aliphatic imine (C=N–C) groups is 1. The van der Waals surface area contributed by atoms with Crippen molar-refractivity contribution in [3.63, 3.8) is 0 Å². The number of hydrogen-bond acceptors (Lipinski definition) is 4. The fraction of sp³-hybridized carbons (Fsp3) is 0.650. The van der Waals surface area contributed by atoms with E-state index < -0.39 is 10.0 Å². The number of guanidine groups is 1. The Bertz CT molecular complexity index is 735. The summed E-state index contributed by atoms with van der Waals surface area (Å²) < 4.78 is 31.0. The molecule has 0 aliphatic carbocycles. The van der Waals surface area contributed by atoms with Gasteiger partial charge in [-0.2, -0.15) is 0 Å². The Morgan fingerprint density at radius 3 is 2.61 bits per heavy atom.